The molecular formula is C24H24N2O7S. The van der Waals surface area contributed by atoms with Gasteiger partial charge in [0.2, 0.25) is 6.79 Å². The highest BCUT2D eigenvalue weighted by Crippen LogP contribution is 2.35. The van der Waals surface area contributed by atoms with Gasteiger partial charge in [0.05, 0.1) is 4.90 Å². The van der Waals surface area contributed by atoms with Gasteiger partial charge in [0.1, 0.15) is 18.5 Å². The van der Waals surface area contributed by atoms with Crippen LogP contribution in [0.25, 0.3) is 0 Å². The van der Waals surface area contributed by atoms with Crippen LogP contribution in [0.1, 0.15) is 15.9 Å². The summed E-state index contributed by atoms with van der Waals surface area (Å²) in [5.41, 5.74) is 1.58. The molecule has 3 N–H and O–H groups in total. The molecule has 0 bridgehead atoms. The van der Waals surface area contributed by atoms with Gasteiger partial charge in [-0.15, -0.1) is 0 Å². The van der Waals surface area contributed by atoms with Crippen LogP contribution in [0.4, 0.5) is 5.69 Å². The first-order valence-corrected chi connectivity index (χ1v) is 12.0. The molecule has 0 spiro atoms. The topological polar surface area (TPSA) is 123 Å². The number of anilines is 1. The SMILES string of the molecule is Cc1ccc(NS(=O)(=O)c2cccc(C(=O)NCC(O)COc3ccc4c(c3)OCO4)c2)cc1. The summed E-state index contributed by atoms with van der Waals surface area (Å²) in [7, 11) is -3.88. The van der Waals surface area contributed by atoms with Gasteiger partial charge in [-0.25, -0.2) is 8.42 Å². The highest BCUT2D eigenvalue weighted by molar-refractivity contribution is 7.92. The van der Waals surface area contributed by atoms with Gasteiger partial charge in [-0.3, -0.25) is 9.52 Å². The lowest BCUT2D eigenvalue weighted by atomic mass is 10.2. The van der Waals surface area contributed by atoms with Crippen molar-refractivity contribution in [3.05, 3.63) is 77.9 Å². The van der Waals surface area contributed by atoms with E-state index in [-0.39, 0.29) is 30.4 Å². The number of hydrogen-bond donors (Lipinski definition) is 3. The number of ether oxygens (including phenoxy) is 3. The Bertz CT molecular complexity index is 1280. The number of benzene rings is 3. The standard InChI is InChI=1S/C24H24N2O7S/c1-16-5-7-18(8-6-16)26-34(29,30)21-4-2-3-17(11-21)24(28)25-13-19(27)14-31-20-9-10-22-23(12-20)33-15-32-22/h2-12,19,26-27H,13-15H2,1H3,(H,25,28). The van der Waals surface area contributed by atoms with Gasteiger partial charge in [0.15, 0.2) is 11.5 Å². The van der Waals surface area contributed by atoms with Crippen molar-refractivity contribution in [2.24, 2.45) is 0 Å². The molecule has 3 aromatic rings. The fourth-order valence-electron chi connectivity index (χ4n) is 3.17. The zero-order valence-electron chi connectivity index (χ0n) is 18.4. The minimum Gasteiger partial charge on any atom is -0.491 e. The Labute approximate surface area is 197 Å². The predicted molar refractivity (Wildman–Crippen MR) is 125 cm³/mol. The summed E-state index contributed by atoms with van der Waals surface area (Å²) in [5, 5.41) is 12.7. The molecule has 0 saturated heterocycles. The molecule has 0 saturated carbocycles. The Kier molecular flexibility index (Phi) is 6.90. The zero-order chi connectivity index (χ0) is 24.1. The van der Waals surface area contributed by atoms with E-state index in [1.807, 2.05) is 6.92 Å². The lowest BCUT2D eigenvalue weighted by Gasteiger charge is -2.14. The summed E-state index contributed by atoms with van der Waals surface area (Å²) in [6, 6.07) is 17.6. The van der Waals surface area contributed by atoms with Crippen LogP contribution in [0.15, 0.2) is 71.6 Å². The third-order valence-electron chi connectivity index (χ3n) is 4.99. The smallest absolute Gasteiger partial charge is 0.261 e. The van der Waals surface area contributed by atoms with E-state index in [9.17, 15) is 18.3 Å². The number of hydrogen-bond acceptors (Lipinski definition) is 7. The number of amides is 1. The van der Waals surface area contributed by atoms with Gasteiger partial charge < -0.3 is 24.6 Å². The fraction of sp³-hybridized carbons (Fsp3) is 0.208. The molecule has 1 aliphatic rings. The first-order chi connectivity index (χ1) is 16.3. The van der Waals surface area contributed by atoms with Crippen LogP contribution < -0.4 is 24.2 Å². The summed E-state index contributed by atoms with van der Waals surface area (Å²) in [4.78, 5) is 12.5. The maximum atomic E-state index is 12.7. The molecule has 0 fully saturated rings. The molecule has 9 nitrogen and oxygen atoms in total. The molecular weight excluding hydrogens is 460 g/mol. The minimum atomic E-state index is -3.88. The van der Waals surface area contributed by atoms with Crippen LogP contribution in [-0.4, -0.2) is 45.5 Å². The van der Waals surface area contributed by atoms with Crippen molar-refractivity contribution in [1.82, 2.24) is 5.32 Å². The number of fused-ring (bicyclic) bond motifs is 1. The number of aliphatic hydroxyl groups is 1. The summed E-state index contributed by atoms with van der Waals surface area (Å²) in [6.07, 6.45) is -0.982. The van der Waals surface area contributed by atoms with E-state index in [0.29, 0.717) is 22.9 Å². The van der Waals surface area contributed by atoms with Gasteiger partial charge in [-0.1, -0.05) is 23.8 Å². The molecule has 0 aromatic heterocycles. The zero-order valence-corrected chi connectivity index (χ0v) is 19.2. The van der Waals surface area contributed by atoms with Crippen LogP contribution in [-0.2, 0) is 10.0 Å². The number of nitrogens with one attached hydrogen (secondary N) is 2. The molecule has 1 atom stereocenters. The number of aliphatic hydroxyl groups excluding tert-OH is 1. The second-order valence-corrected chi connectivity index (χ2v) is 9.37. The summed E-state index contributed by atoms with van der Waals surface area (Å²) in [5.74, 6) is 1.16. The predicted octanol–water partition coefficient (Wildman–Crippen LogP) is 2.69. The first-order valence-electron chi connectivity index (χ1n) is 10.5. The Hall–Kier alpha value is -3.76. The number of rotatable bonds is 9. The Morgan fingerprint density at radius 3 is 2.62 bits per heavy atom. The van der Waals surface area contributed by atoms with Crippen molar-refractivity contribution in [2.45, 2.75) is 17.9 Å². The highest BCUT2D eigenvalue weighted by Gasteiger charge is 2.18. The second-order valence-electron chi connectivity index (χ2n) is 7.69. The van der Waals surface area contributed by atoms with Crippen LogP contribution in [0, 0.1) is 6.92 Å². The fourth-order valence-corrected chi connectivity index (χ4v) is 4.27. The monoisotopic (exact) mass is 484 g/mol. The third kappa shape index (κ3) is 5.77. The van der Waals surface area contributed by atoms with Crippen molar-refractivity contribution in [3.8, 4) is 17.2 Å². The number of aryl methyl sites for hydroxylation is 1. The van der Waals surface area contributed by atoms with E-state index < -0.39 is 22.0 Å². The van der Waals surface area contributed by atoms with Crippen molar-refractivity contribution in [3.63, 3.8) is 0 Å². The largest absolute Gasteiger partial charge is 0.491 e. The van der Waals surface area contributed by atoms with Crippen molar-refractivity contribution in [2.75, 3.05) is 24.7 Å². The van der Waals surface area contributed by atoms with Crippen molar-refractivity contribution < 1.29 is 32.5 Å². The van der Waals surface area contributed by atoms with Gasteiger partial charge in [0, 0.05) is 23.9 Å². The van der Waals surface area contributed by atoms with E-state index in [1.165, 1.54) is 24.3 Å². The minimum absolute atomic E-state index is 0.0487. The van der Waals surface area contributed by atoms with Gasteiger partial charge in [-0.2, -0.15) is 0 Å². The lowest BCUT2D eigenvalue weighted by Crippen LogP contribution is -2.35. The molecule has 4 rings (SSSR count). The Morgan fingerprint density at radius 1 is 1.06 bits per heavy atom. The molecule has 1 unspecified atom stereocenters. The normalized spacial score (nSPS) is 13.2. The summed E-state index contributed by atoms with van der Waals surface area (Å²) >= 11 is 0. The second kappa shape index (κ2) is 10.0. The highest BCUT2D eigenvalue weighted by atomic mass is 32.2. The summed E-state index contributed by atoms with van der Waals surface area (Å²) in [6.45, 7) is 1.91. The molecule has 1 aliphatic heterocycles. The van der Waals surface area contributed by atoms with E-state index in [1.54, 1.807) is 42.5 Å². The first kappa shape index (κ1) is 23.4. The third-order valence-corrected chi connectivity index (χ3v) is 6.37. The maximum absolute atomic E-state index is 12.7. The van der Waals surface area contributed by atoms with Gasteiger partial charge >= 0.3 is 0 Å². The Balaban J connectivity index is 1.31. The maximum Gasteiger partial charge on any atom is 0.261 e. The lowest BCUT2D eigenvalue weighted by molar-refractivity contribution is 0.0843. The van der Waals surface area contributed by atoms with Gasteiger partial charge in [-0.05, 0) is 49.4 Å². The quantitative estimate of drug-likeness (QED) is 0.427. The van der Waals surface area contributed by atoms with Crippen LogP contribution in [0.5, 0.6) is 17.2 Å². The molecule has 10 heteroatoms. The van der Waals surface area contributed by atoms with Crippen molar-refractivity contribution in [1.29, 1.82) is 0 Å². The van der Waals surface area contributed by atoms with Crippen LogP contribution in [0.2, 0.25) is 0 Å². The van der Waals surface area contributed by atoms with Crippen LogP contribution in [0.3, 0.4) is 0 Å². The Morgan fingerprint density at radius 2 is 1.82 bits per heavy atom. The molecule has 34 heavy (non-hydrogen) atoms. The van der Waals surface area contributed by atoms with E-state index in [0.717, 1.165) is 5.56 Å². The average Bonchev–Trinajstić information content (AvgIpc) is 3.30. The molecule has 0 radical (unpaired) electrons. The number of sulfonamides is 1. The molecule has 178 valence electrons. The molecule has 1 heterocycles. The van der Waals surface area contributed by atoms with Crippen molar-refractivity contribution >= 4 is 21.6 Å². The summed E-state index contributed by atoms with van der Waals surface area (Å²) < 4.78 is 43.9. The van der Waals surface area contributed by atoms with E-state index >= 15 is 0 Å². The molecule has 0 aliphatic carbocycles. The van der Waals surface area contributed by atoms with Gasteiger partial charge in [0.25, 0.3) is 15.9 Å². The number of carbonyl (C=O) groups excluding carboxylic acids is 1. The van der Waals surface area contributed by atoms with Crippen LogP contribution >= 0.6 is 0 Å². The number of carbonyl (C=O) groups is 1. The molecule has 1 amide bonds. The van der Waals surface area contributed by atoms with E-state index in [4.69, 9.17) is 14.2 Å². The van der Waals surface area contributed by atoms with E-state index in [2.05, 4.69) is 10.0 Å². The average molecular weight is 485 g/mol. The molecule has 3 aromatic carbocycles.